The molecule has 72 valence electrons. The Labute approximate surface area is 80.4 Å². The van der Waals surface area contributed by atoms with Crippen LogP contribution in [0, 0.1) is 0 Å². The summed E-state index contributed by atoms with van der Waals surface area (Å²) >= 11 is 0. The van der Waals surface area contributed by atoms with Crippen LogP contribution in [-0.4, -0.2) is 13.2 Å². The Morgan fingerprint density at radius 1 is 1.54 bits per heavy atom. The molecule has 1 N–H and O–H groups in total. The molecule has 2 heteroatoms. The van der Waals surface area contributed by atoms with Crippen LogP contribution in [-0.2, 0) is 6.42 Å². The Hall–Kier alpha value is -1.18. The number of benzene rings is 1. The van der Waals surface area contributed by atoms with Crippen molar-refractivity contribution in [2.24, 2.45) is 0 Å². The molecule has 2 nitrogen and oxygen atoms in total. The topological polar surface area (TPSA) is 21.3 Å². The van der Waals surface area contributed by atoms with Crippen LogP contribution in [0.1, 0.15) is 20.3 Å². The summed E-state index contributed by atoms with van der Waals surface area (Å²) < 4.78 is 5.55. The van der Waals surface area contributed by atoms with E-state index in [2.05, 4.69) is 30.4 Å². The van der Waals surface area contributed by atoms with Gasteiger partial charge in [-0.25, -0.2) is 0 Å². The highest BCUT2D eigenvalue weighted by Gasteiger charge is 2.08. The smallest absolute Gasteiger partial charge is 0.142 e. The number of fused-ring (bicyclic) bond motifs is 1. The third-order valence-corrected chi connectivity index (χ3v) is 2.26. The van der Waals surface area contributed by atoms with E-state index in [4.69, 9.17) is 4.74 Å². The van der Waals surface area contributed by atoms with Gasteiger partial charge in [-0.3, -0.25) is 0 Å². The van der Waals surface area contributed by atoms with Gasteiger partial charge in [-0.1, -0.05) is 19.4 Å². The van der Waals surface area contributed by atoms with Gasteiger partial charge in [-0.15, -0.1) is 0 Å². The fourth-order valence-corrected chi connectivity index (χ4v) is 1.62. The van der Waals surface area contributed by atoms with Gasteiger partial charge in [0.15, 0.2) is 0 Å². The molecule has 13 heavy (non-hydrogen) atoms. The van der Waals surface area contributed by atoms with Crippen LogP contribution in [0.15, 0.2) is 18.2 Å². The second-order valence-corrected chi connectivity index (χ2v) is 3.36. The Bertz CT molecular complexity index is 301. The molecule has 0 spiro atoms. The molecule has 1 heterocycles. The molecule has 0 unspecified atom stereocenters. The second kappa shape index (κ2) is 3.69. The minimum absolute atomic E-state index is 0. The summed E-state index contributed by atoms with van der Waals surface area (Å²) in [6.45, 7) is 3.89. The van der Waals surface area contributed by atoms with E-state index < -0.39 is 0 Å². The summed E-state index contributed by atoms with van der Waals surface area (Å²) in [4.78, 5) is 0. The van der Waals surface area contributed by atoms with Crippen LogP contribution < -0.4 is 10.1 Å². The molecule has 0 saturated carbocycles. The van der Waals surface area contributed by atoms with E-state index in [0.29, 0.717) is 0 Å². The van der Waals surface area contributed by atoms with Crippen LogP contribution in [0.2, 0.25) is 0 Å². The van der Waals surface area contributed by atoms with E-state index in [0.717, 1.165) is 31.0 Å². The van der Waals surface area contributed by atoms with Crippen molar-refractivity contribution in [3.63, 3.8) is 0 Å². The zero-order valence-electron chi connectivity index (χ0n) is 7.97. The highest BCUT2D eigenvalue weighted by atomic mass is 16.5. The average Bonchev–Trinajstić information content (AvgIpc) is 2.18. The van der Waals surface area contributed by atoms with Crippen molar-refractivity contribution < 1.29 is 6.16 Å². The van der Waals surface area contributed by atoms with Crippen molar-refractivity contribution in [2.75, 3.05) is 18.5 Å². The number of aryl methyl sites for hydroxylation is 1. The minimum atomic E-state index is 0. The summed E-state index contributed by atoms with van der Waals surface area (Å²) in [6.07, 6.45) is 2.32. The number of nitrogens with one attached hydrogen (secondary N) is 1. The standard InChI is InChI=1S/C11H15NO.H2/c1-2-3-9-4-5-10-11(8-9)13-7-6-12-10;/h4-5,8,12H,2-3,6-7H2,1H3;1H. The van der Waals surface area contributed by atoms with Gasteiger partial charge in [-0.05, 0) is 24.1 Å². The van der Waals surface area contributed by atoms with Gasteiger partial charge >= 0.3 is 0 Å². The lowest BCUT2D eigenvalue weighted by molar-refractivity contribution is 0.323. The molecular weight excluding hydrogens is 162 g/mol. The van der Waals surface area contributed by atoms with Crippen LogP contribution in [0.3, 0.4) is 0 Å². The van der Waals surface area contributed by atoms with Gasteiger partial charge in [0, 0.05) is 7.97 Å². The van der Waals surface area contributed by atoms with Crippen molar-refractivity contribution in [1.82, 2.24) is 0 Å². The number of rotatable bonds is 2. The Morgan fingerprint density at radius 2 is 2.46 bits per heavy atom. The third kappa shape index (κ3) is 1.77. The molecule has 1 aromatic carbocycles. The predicted molar refractivity (Wildman–Crippen MR) is 56.5 cm³/mol. The number of hydrogen-bond donors (Lipinski definition) is 1. The largest absolute Gasteiger partial charge is 0.490 e. The predicted octanol–water partition coefficient (Wildman–Crippen LogP) is 2.69. The lowest BCUT2D eigenvalue weighted by Gasteiger charge is -2.19. The molecular formula is C11H17NO. The number of anilines is 1. The van der Waals surface area contributed by atoms with Crippen LogP contribution in [0.5, 0.6) is 5.75 Å². The summed E-state index contributed by atoms with van der Waals surface area (Å²) in [5.74, 6) is 1.01. The van der Waals surface area contributed by atoms with Gasteiger partial charge < -0.3 is 10.1 Å². The molecule has 1 aliphatic heterocycles. The quantitative estimate of drug-likeness (QED) is 0.753. The molecule has 0 bridgehead atoms. The summed E-state index contributed by atoms with van der Waals surface area (Å²) in [5, 5.41) is 3.31. The molecule has 0 amide bonds. The first kappa shape index (κ1) is 8.42. The van der Waals surface area contributed by atoms with Gasteiger partial charge in [0.05, 0.1) is 5.69 Å². The first-order valence-corrected chi connectivity index (χ1v) is 4.90. The third-order valence-electron chi connectivity index (χ3n) is 2.26. The average molecular weight is 179 g/mol. The van der Waals surface area contributed by atoms with Crippen molar-refractivity contribution >= 4 is 5.69 Å². The molecule has 1 aromatic rings. The fourth-order valence-electron chi connectivity index (χ4n) is 1.62. The van der Waals surface area contributed by atoms with E-state index in [1.165, 1.54) is 12.0 Å². The normalized spacial score (nSPS) is 14.2. The van der Waals surface area contributed by atoms with Crippen molar-refractivity contribution in [2.45, 2.75) is 19.8 Å². The Morgan fingerprint density at radius 3 is 3.31 bits per heavy atom. The van der Waals surface area contributed by atoms with E-state index in [1.807, 2.05) is 0 Å². The molecule has 0 saturated heterocycles. The van der Waals surface area contributed by atoms with Crippen LogP contribution in [0.25, 0.3) is 0 Å². The second-order valence-electron chi connectivity index (χ2n) is 3.36. The maximum absolute atomic E-state index is 5.55. The highest BCUT2D eigenvalue weighted by molar-refractivity contribution is 5.58. The number of hydrogen-bond acceptors (Lipinski definition) is 2. The summed E-state index contributed by atoms with van der Waals surface area (Å²) in [5.41, 5.74) is 2.50. The summed E-state index contributed by atoms with van der Waals surface area (Å²) in [7, 11) is 0. The van der Waals surface area contributed by atoms with E-state index in [9.17, 15) is 0 Å². The van der Waals surface area contributed by atoms with E-state index >= 15 is 0 Å². The first-order valence-electron chi connectivity index (χ1n) is 4.90. The maximum atomic E-state index is 5.55. The Balaban J connectivity index is 0.000000980. The highest BCUT2D eigenvalue weighted by Crippen LogP contribution is 2.28. The number of ether oxygens (including phenoxy) is 1. The molecule has 1 aliphatic rings. The van der Waals surface area contributed by atoms with Gasteiger partial charge in [0.2, 0.25) is 0 Å². The van der Waals surface area contributed by atoms with Gasteiger partial charge in [0.25, 0.3) is 0 Å². The van der Waals surface area contributed by atoms with Crippen molar-refractivity contribution in [3.05, 3.63) is 23.8 Å². The van der Waals surface area contributed by atoms with Crippen LogP contribution >= 0.6 is 0 Å². The molecule has 0 fully saturated rings. The minimum Gasteiger partial charge on any atom is -0.490 e. The monoisotopic (exact) mass is 179 g/mol. The lowest BCUT2D eigenvalue weighted by atomic mass is 10.1. The molecule has 2 rings (SSSR count). The van der Waals surface area contributed by atoms with Crippen molar-refractivity contribution in [3.8, 4) is 5.75 Å². The molecule has 0 aliphatic carbocycles. The lowest BCUT2D eigenvalue weighted by Crippen LogP contribution is -2.17. The van der Waals surface area contributed by atoms with Crippen molar-refractivity contribution in [1.29, 1.82) is 0 Å². The van der Waals surface area contributed by atoms with Crippen LogP contribution in [0.4, 0.5) is 5.69 Å². The molecule has 0 aromatic heterocycles. The molecule has 0 atom stereocenters. The van der Waals surface area contributed by atoms with E-state index in [1.54, 1.807) is 0 Å². The zero-order chi connectivity index (χ0) is 9.10. The Kier molecular flexibility index (Phi) is 2.39. The van der Waals surface area contributed by atoms with Gasteiger partial charge in [-0.2, -0.15) is 0 Å². The first-order chi connectivity index (χ1) is 6.40. The van der Waals surface area contributed by atoms with E-state index in [-0.39, 0.29) is 1.43 Å². The summed E-state index contributed by atoms with van der Waals surface area (Å²) in [6, 6.07) is 6.43. The SMILES string of the molecule is CCCc1ccc2c(c1)OCCN2.[HH]. The fraction of sp³-hybridized carbons (Fsp3) is 0.455. The zero-order valence-corrected chi connectivity index (χ0v) is 7.97. The molecule has 0 radical (unpaired) electrons. The maximum Gasteiger partial charge on any atom is 0.142 e. The van der Waals surface area contributed by atoms with Gasteiger partial charge in [0.1, 0.15) is 12.4 Å².